The van der Waals surface area contributed by atoms with Crippen LogP contribution in [0.25, 0.3) is 0 Å². The molecule has 1 N–H and O–H groups in total. The minimum atomic E-state index is -5.11. The Morgan fingerprint density at radius 1 is 0.923 bits per heavy atom. The topological polar surface area (TPSA) is 12.0 Å². The Morgan fingerprint density at radius 2 is 1.31 bits per heavy atom. The largest absolute Gasteiger partial charge is 0.367 e. The lowest BCUT2D eigenvalue weighted by molar-refractivity contribution is -0.224. The van der Waals surface area contributed by atoms with Crippen molar-refractivity contribution < 1.29 is 30.7 Å². The van der Waals surface area contributed by atoms with Crippen LogP contribution in [0.5, 0.6) is 0 Å². The fraction of sp³-hybridized carbons (Fsp3) is 1.00. The SMILES string of the molecule is CC(F)C(F)(F)NC(F)(F)C(F)F. The van der Waals surface area contributed by atoms with Crippen molar-refractivity contribution in [2.45, 2.75) is 31.6 Å². The molecule has 1 atom stereocenters. The van der Waals surface area contributed by atoms with Crippen LogP contribution in [0.15, 0.2) is 0 Å². The van der Waals surface area contributed by atoms with Crippen LogP contribution in [0.3, 0.4) is 0 Å². The second-order valence-electron chi connectivity index (χ2n) is 2.29. The highest BCUT2D eigenvalue weighted by molar-refractivity contribution is 4.77. The molecule has 8 heteroatoms. The van der Waals surface area contributed by atoms with Gasteiger partial charge in [-0.3, -0.25) is 0 Å². The van der Waals surface area contributed by atoms with Crippen LogP contribution in [-0.2, 0) is 0 Å². The van der Waals surface area contributed by atoms with Crippen molar-refractivity contribution in [1.29, 1.82) is 0 Å². The van der Waals surface area contributed by atoms with Gasteiger partial charge < -0.3 is 0 Å². The summed E-state index contributed by atoms with van der Waals surface area (Å²) in [7, 11) is 0. The van der Waals surface area contributed by atoms with Crippen LogP contribution in [0, 0.1) is 0 Å². The average molecular weight is 213 g/mol. The lowest BCUT2D eigenvalue weighted by atomic mass is 10.3. The molecular weight excluding hydrogens is 207 g/mol. The van der Waals surface area contributed by atoms with E-state index in [-0.39, 0.29) is 12.2 Å². The third-order valence-corrected chi connectivity index (χ3v) is 1.11. The van der Waals surface area contributed by atoms with Gasteiger partial charge in [0.05, 0.1) is 0 Å². The van der Waals surface area contributed by atoms with Gasteiger partial charge in [0.1, 0.15) is 0 Å². The van der Waals surface area contributed by atoms with E-state index in [9.17, 15) is 30.7 Å². The van der Waals surface area contributed by atoms with Crippen LogP contribution in [-0.4, -0.2) is 24.7 Å². The van der Waals surface area contributed by atoms with Gasteiger partial charge >= 0.3 is 18.5 Å². The van der Waals surface area contributed by atoms with Crippen molar-refractivity contribution in [2.75, 3.05) is 0 Å². The molecule has 0 aliphatic rings. The lowest BCUT2D eigenvalue weighted by Gasteiger charge is -2.25. The van der Waals surface area contributed by atoms with E-state index in [4.69, 9.17) is 0 Å². The van der Waals surface area contributed by atoms with Gasteiger partial charge in [-0.2, -0.15) is 22.9 Å². The highest BCUT2D eigenvalue weighted by Crippen LogP contribution is 2.27. The number of hydrogen-bond acceptors (Lipinski definition) is 1. The van der Waals surface area contributed by atoms with Crippen LogP contribution in [0.4, 0.5) is 30.7 Å². The zero-order valence-electron chi connectivity index (χ0n) is 6.30. The summed E-state index contributed by atoms with van der Waals surface area (Å²) in [4.78, 5) is 0. The molecule has 13 heavy (non-hydrogen) atoms. The molecule has 0 fully saturated rings. The first kappa shape index (κ1) is 12.5. The molecular formula is C5H6F7N. The minimum Gasteiger partial charge on any atom is -0.239 e. The standard InChI is InChI=1S/C5H6F7N/c1-2(6)4(9,10)13-5(11,12)3(7)8/h2-3,13H,1H3. The lowest BCUT2D eigenvalue weighted by Crippen LogP contribution is -2.56. The molecule has 80 valence electrons. The molecule has 0 aromatic rings. The zero-order chi connectivity index (χ0) is 10.9. The normalized spacial score (nSPS) is 16.4. The number of hydrogen-bond donors (Lipinski definition) is 1. The van der Waals surface area contributed by atoms with E-state index < -0.39 is 24.7 Å². The Labute approximate surface area is 68.9 Å². The quantitative estimate of drug-likeness (QED) is 0.558. The van der Waals surface area contributed by atoms with Crippen LogP contribution in [0.1, 0.15) is 6.92 Å². The van der Waals surface area contributed by atoms with Crippen LogP contribution in [0.2, 0.25) is 0 Å². The van der Waals surface area contributed by atoms with Crippen LogP contribution < -0.4 is 5.32 Å². The van der Waals surface area contributed by atoms with E-state index in [1.807, 2.05) is 0 Å². The van der Waals surface area contributed by atoms with Gasteiger partial charge in [-0.05, 0) is 6.92 Å². The summed E-state index contributed by atoms with van der Waals surface area (Å²) < 4.78 is 82.6. The van der Waals surface area contributed by atoms with Gasteiger partial charge in [-0.25, -0.2) is 13.2 Å². The predicted molar refractivity (Wildman–Crippen MR) is 29.6 cm³/mol. The molecule has 0 rings (SSSR count). The Bertz CT molecular complexity index is 148. The Hall–Kier alpha value is -0.530. The first-order valence-corrected chi connectivity index (χ1v) is 3.07. The first-order chi connectivity index (χ1) is 5.59. The summed E-state index contributed by atoms with van der Waals surface area (Å²) in [5, 5.41) is -0.0602. The van der Waals surface area contributed by atoms with Gasteiger partial charge in [0, 0.05) is 0 Å². The molecule has 1 nitrogen and oxygen atoms in total. The van der Waals surface area contributed by atoms with Crippen LogP contribution >= 0.6 is 0 Å². The fourth-order valence-electron chi connectivity index (χ4n) is 0.376. The Morgan fingerprint density at radius 3 is 1.54 bits per heavy atom. The summed E-state index contributed by atoms with van der Waals surface area (Å²) in [5.74, 6) is 0. The molecule has 0 saturated carbocycles. The van der Waals surface area contributed by atoms with E-state index >= 15 is 0 Å². The first-order valence-electron chi connectivity index (χ1n) is 3.07. The average Bonchev–Trinajstić information content (AvgIpc) is 1.83. The second kappa shape index (κ2) is 3.69. The number of alkyl halides is 7. The molecule has 0 radical (unpaired) electrons. The summed E-state index contributed by atoms with van der Waals surface area (Å²) in [6, 6.07) is -9.79. The van der Waals surface area contributed by atoms with E-state index in [1.54, 1.807) is 0 Å². The molecule has 0 saturated heterocycles. The summed E-state index contributed by atoms with van der Waals surface area (Å²) >= 11 is 0. The van der Waals surface area contributed by atoms with E-state index in [1.165, 1.54) is 0 Å². The highest BCUT2D eigenvalue weighted by Gasteiger charge is 2.51. The smallest absolute Gasteiger partial charge is 0.239 e. The van der Waals surface area contributed by atoms with Crippen molar-refractivity contribution in [3.05, 3.63) is 0 Å². The maximum atomic E-state index is 12.1. The van der Waals surface area contributed by atoms with E-state index in [0.717, 1.165) is 0 Å². The van der Waals surface area contributed by atoms with E-state index in [2.05, 4.69) is 0 Å². The van der Waals surface area contributed by atoms with Crippen molar-refractivity contribution in [3.63, 3.8) is 0 Å². The van der Waals surface area contributed by atoms with Gasteiger partial charge in [0.15, 0.2) is 6.17 Å². The third kappa shape index (κ3) is 3.37. The fourth-order valence-corrected chi connectivity index (χ4v) is 0.376. The monoisotopic (exact) mass is 213 g/mol. The molecule has 0 aliphatic carbocycles. The maximum absolute atomic E-state index is 12.1. The molecule has 1 unspecified atom stereocenters. The van der Waals surface area contributed by atoms with E-state index in [0.29, 0.717) is 0 Å². The summed E-state index contributed by atoms with van der Waals surface area (Å²) in [6.07, 6.45) is -7.31. The third-order valence-electron chi connectivity index (χ3n) is 1.11. The molecule has 0 amide bonds. The zero-order valence-corrected chi connectivity index (χ0v) is 6.30. The minimum absolute atomic E-state index is 0.0602. The molecule has 0 bridgehead atoms. The molecule has 0 aliphatic heterocycles. The second-order valence-corrected chi connectivity index (χ2v) is 2.29. The maximum Gasteiger partial charge on any atom is 0.367 e. The van der Waals surface area contributed by atoms with Crippen molar-refractivity contribution >= 4 is 0 Å². The predicted octanol–water partition coefficient (Wildman–Crippen LogP) is 2.38. The summed E-state index contributed by atoms with van der Waals surface area (Å²) in [5.41, 5.74) is 0. The Balaban J connectivity index is 4.42. The van der Waals surface area contributed by atoms with Gasteiger partial charge in [0.2, 0.25) is 0 Å². The van der Waals surface area contributed by atoms with Crippen molar-refractivity contribution in [3.8, 4) is 0 Å². The summed E-state index contributed by atoms with van der Waals surface area (Å²) in [6.45, 7) is 0.272. The van der Waals surface area contributed by atoms with Gasteiger partial charge in [0.25, 0.3) is 0 Å². The molecule has 0 spiro atoms. The highest BCUT2D eigenvalue weighted by atomic mass is 19.3. The van der Waals surface area contributed by atoms with Crippen molar-refractivity contribution in [2.24, 2.45) is 0 Å². The van der Waals surface area contributed by atoms with Gasteiger partial charge in [-0.15, -0.1) is 0 Å². The molecule has 0 aromatic carbocycles. The molecule has 0 heterocycles. The van der Waals surface area contributed by atoms with Gasteiger partial charge in [-0.1, -0.05) is 0 Å². The number of rotatable bonds is 4. The van der Waals surface area contributed by atoms with Crippen molar-refractivity contribution in [1.82, 2.24) is 5.32 Å². The number of halogens is 7. The Kier molecular flexibility index (Phi) is 3.54. The molecule has 0 aromatic heterocycles. The number of nitrogens with one attached hydrogen (secondary N) is 1.